The highest BCUT2D eigenvalue weighted by Gasteiger charge is 2.50. The van der Waals surface area contributed by atoms with Crippen LogP contribution in [0, 0.1) is 6.92 Å². The van der Waals surface area contributed by atoms with E-state index in [4.69, 9.17) is 14.6 Å². The van der Waals surface area contributed by atoms with Crippen LogP contribution in [0.4, 0.5) is 13.2 Å². The van der Waals surface area contributed by atoms with Crippen molar-refractivity contribution in [3.63, 3.8) is 0 Å². The van der Waals surface area contributed by atoms with Crippen LogP contribution in [0.25, 0.3) is 0 Å². The molecule has 2 aromatic heterocycles. The Balaban J connectivity index is 0.000000360. The fraction of sp³-hybridized carbons (Fsp3) is 0.476. The molecule has 2 aromatic rings. The molecule has 174 valence electrons. The van der Waals surface area contributed by atoms with Crippen LogP contribution in [0.1, 0.15) is 23.4 Å². The fourth-order valence-corrected chi connectivity index (χ4v) is 5.74. The summed E-state index contributed by atoms with van der Waals surface area (Å²) in [6.07, 6.45) is -3.25. The molecule has 1 spiro atoms. The van der Waals surface area contributed by atoms with E-state index in [2.05, 4.69) is 10.4 Å². The molecular weight excluding hydrogens is 465 g/mol. The molecule has 0 radical (unpaired) electrons. The van der Waals surface area contributed by atoms with Gasteiger partial charge in [-0.25, -0.2) is 4.79 Å². The van der Waals surface area contributed by atoms with Gasteiger partial charge in [-0.3, -0.25) is 9.78 Å². The van der Waals surface area contributed by atoms with Gasteiger partial charge in [0.1, 0.15) is 0 Å². The molecule has 1 amide bonds. The number of hydrogen-bond acceptors (Lipinski definition) is 6. The highest BCUT2D eigenvalue weighted by molar-refractivity contribution is 8.01. The SMILES string of the molecule is Cc1cccc(COC2CSC3(C2)CN(C(=O)Cc2ccsc2)C3)n1.O=C(O)C(F)(F)F. The number of alkyl halides is 3. The van der Waals surface area contributed by atoms with Crippen LogP contribution >= 0.6 is 23.1 Å². The van der Waals surface area contributed by atoms with Gasteiger partial charge in [0, 0.05) is 24.5 Å². The molecule has 11 heteroatoms. The number of ether oxygens (including phenoxy) is 1. The van der Waals surface area contributed by atoms with Crippen molar-refractivity contribution in [1.82, 2.24) is 9.88 Å². The molecule has 4 heterocycles. The van der Waals surface area contributed by atoms with Crippen molar-refractivity contribution < 1.29 is 32.6 Å². The number of nitrogens with zero attached hydrogens (tertiary/aromatic N) is 2. The summed E-state index contributed by atoms with van der Waals surface area (Å²) in [7, 11) is 0. The standard InChI is InChI=1S/C19H22N2O2S2.C2HF3O2/c1-14-3-2-4-16(20-14)9-23-17-8-19(25-11-17)12-21(13-19)18(22)7-15-5-6-24-10-15;3-2(4,5)1(6)7/h2-6,10,17H,7-9,11-13H2,1H3;(H,6,7). The third-order valence-electron chi connectivity index (χ3n) is 5.08. The Morgan fingerprint density at radius 2 is 2.03 bits per heavy atom. The van der Waals surface area contributed by atoms with Gasteiger partial charge >= 0.3 is 12.1 Å². The van der Waals surface area contributed by atoms with Gasteiger partial charge in [-0.05, 0) is 47.9 Å². The van der Waals surface area contributed by atoms with Gasteiger partial charge in [0.05, 0.1) is 29.6 Å². The van der Waals surface area contributed by atoms with E-state index in [1.165, 1.54) is 0 Å². The summed E-state index contributed by atoms with van der Waals surface area (Å²) >= 11 is 3.62. The summed E-state index contributed by atoms with van der Waals surface area (Å²) in [5.41, 5.74) is 3.14. The average Bonchev–Trinajstić information content (AvgIpc) is 3.35. The van der Waals surface area contributed by atoms with Gasteiger partial charge < -0.3 is 14.7 Å². The Labute approximate surface area is 191 Å². The number of aryl methyl sites for hydroxylation is 1. The molecule has 0 aromatic carbocycles. The molecule has 1 N–H and O–H groups in total. The maximum absolute atomic E-state index is 12.3. The minimum Gasteiger partial charge on any atom is -0.475 e. The number of amides is 1. The Hall–Kier alpha value is -2.11. The van der Waals surface area contributed by atoms with Crippen LogP contribution in [0.5, 0.6) is 0 Å². The molecule has 32 heavy (non-hydrogen) atoms. The van der Waals surface area contributed by atoms with Crippen LogP contribution in [-0.4, -0.2) is 62.7 Å². The number of carboxylic acids is 1. The summed E-state index contributed by atoms with van der Waals surface area (Å²) in [6.45, 7) is 4.30. The van der Waals surface area contributed by atoms with Crippen molar-refractivity contribution in [2.75, 3.05) is 18.8 Å². The third kappa shape index (κ3) is 6.69. The molecule has 0 saturated carbocycles. The van der Waals surface area contributed by atoms with Gasteiger partial charge in [-0.2, -0.15) is 24.5 Å². The van der Waals surface area contributed by atoms with Crippen LogP contribution in [-0.2, 0) is 27.4 Å². The van der Waals surface area contributed by atoms with E-state index in [9.17, 15) is 18.0 Å². The van der Waals surface area contributed by atoms with E-state index in [0.717, 1.165) is 42.2 Å². The second-order valence-corrected chi connectivity index (χ2v) is 10.0. The first-order valence-corrected chi connectivity index (χ1v) is 11.8. The molecular formula is C21H23F3N2O4S2. The van der Waals surface area contributed by atoms with Crippen molar-refractivity contribution in [3.05, 3.63) is 52.0 Å². The first-order valence-electron chi connectivity index (χ1n) is 9.83. The van der Waals surface area contributed by atoms with E-state index in [1.54, 1.807) is 11.3 Å². The van der Waals surface area contributed by atoms with Gasteiger partial charge in [-0.1, -0.05) is 6.07 Å². The predicted octanol–water partition coefficient (Wildman–Crippen LogP) is 3.93. The van der Waals surface area contributed by atoms with Gasteiger partial charge in [0.2, 0.25) is 5.91 Å². The van der Waals surface area contributed by atoms with E-state index >= 15 is 0 Å². The predicted molar refractivity (Wildman–Crippen MR) is 116 cm³/mol. The molecule has 2 saturated heterocycles. The molecule has 6 nitrogen and oxygen atoms in total. The number of pyridine rings is 1. The lowest BCUT2D eigenvalue weighted by molar-refractivity contribution is -0.192. The Morgan fingerprint density at radius 1 is 1.31 bits per heavy atom. The van der Waals surface area contributed by atoms with E-state index in [0.29, 0.717) is 13.0 Å². The molecule has 0 bridgehead atoms. The molecule has 2 fully saturated rings. The third-order valence-corrected chi connectivity index (χ3v) is 7.38. The number of carboxylic acid groups (broad SMARTS) is 1. The second kappa shape index (κ2) is 10.2. The van der Waals surface area contributed by atoms with Crippen molar-refractivity contribution in [3.8, 4) is 0 Å². The average molecular weight is 489 g/mol. The monoisotopic (exact) mass is 488 g/mol. The Morgan fingerprint density at radius 3 is 2.62 bits per heavy atom. The summed E-state index contributed by atoms with van der Waals surface area (Å²) in [4.78, 5) is 27.7. The van der Waals surface area contributed by atoms with Crippen LogP contribution < -0.4 is 0 Å². The highest BCUT2D eigenvalue weighted by Crippen LogP contribution is 2.46. The summed E-state index contributed by atoms with van der Waals surface area (Å²) in [6, 6.07) is 8.07. The van der Waals surface area contributed by atoms with Gasteiger partial charge in [0.15, 0.2) is 0 Å². The minimum absolute atomic E-state index is 0.217. The highest BCUT2D eigenvalue weighted by atomic mass is 32.2. The molecule has 4 rings (SSSR count). The van der Waals surface area contributed by atoms with Crippen LogP contribution in [0.15, 0.2) is 35.0 Å². The minimum atomic E-state index is -5.08. The van der Waals surface area contributed by atoms with E-state index in [1.807, 2.05) is 53.2 Å². The number of hydrogen-bond donors (Lipinski definition) is 1. The number of carbonyl (C=O) groups is 2. The lowest BCUT2D eigenvalue weighted by Crippen LogP contribution is -2.61. The number of aliphatic carboxylic acids is 1. The topological polar surface area (TPSA) is 79.7 Å². The zero-order valence-electron chi connectivity index (χ0n) is 17.3. The number of likely N-dealkylation sites (tertiary alicyclic amines) is 1. The van der Waals surface area contributed by atoms with Crippen LogP contribution in [0.3, 0.4) is 0 Å². The number of thioether (sulfide) groups is 1. The quantitative estimate of drug-likeness (QED) is 0.687. The van der Waals surface area contributed by atoms with E-state index < -0.39 is 12.1 Å². The molecule has 2 aliphatic heterocycles. The molecule has 0 aliphatic carbocycles. The van der Waals surface area contributed by atoms with Crippen molar-refractivity contribution >= 4 is 35.0 Å². The maximum Gasteiger partial charge on any atom is 0.490 e. The molecule has 1 unspecified atom stereocenters. The number of thiophene rings is 1. The number of carbonyl (C=O) groups excluding carboxylic acids is 1. The van der Waals surface area contributed by atoms with E-state index in [-0.39, 0.29) is 16.8 Å². The zero-order valence-corrected chi connectivity index (χ0v) is 18.9. The first kappa shape index (κ1) is 24.5. The normalized spacial score (nSPS) is 19.2. The Kier molecular flexibility index (Phi) is 7.84. The largest absolute Gasteiger partial charge is 0.490 e. The fourth-order valence-electron chi connectivity index (χ4n) is 3.52. The summed E-state index contributed by atoms with van der Waals surface area (Å²) in [5, 5.41) is 11.2. The molecule has 2 aliphatic rings. The summed E-state index contributed by atoms with van der Waals surface area (Å²) < 4.78 is 38.0. The first-order chi connectivity index (χ1) is 15.1. The lowest BCUT2D eigenvalue weighted by Gasteiger charge is -2.47. The van der Waals surface area contributed by atoms with Gasteiger partial charge in [0.25, 0.3) is 0 Å². The number of halogens is 3. The smallest absolute Gasteiger partial charge is 0.475 e. The van der Waals surface area contributed by atoms with Crippen molar-refractivity contribution in [1.29, 1.82) is 0 Å². The Bertz CT molecular complexity index is 931. The lowest BCUT2D eigenvalue weighted by atomic mass is 9.92. The second-order valence-electron chi connectivity index (χ2n) is 7.76. The van der Waals surface area contributed by atoms with Crippen molar-refractivity contribution in [2.24, 2.45) is 0 Å². The molecule has 1 atom stereocenters. The number of rotatable bonds is 5. The summed E-state index contributed by atoms with van der Waals surface area (Å²) in [5.74, 6) is -1.50. The number of aromatic nitrogens is 1. The van der Waals surface area contributed by atoms with Gasteiger partial charge in [-0.15, -0.1) is 11.8 Å². The van der Waals surface area contributed by atoms with Crippen molar-refractivity contribution in [2.45, 2.75) is 43.4 Å². The maximum atomic E-state index is 12.3. The van der Waals surface area contributed by atoms with Crippen LogP contribution in [0.2, 0.25) is 0 Å². The zero-order chi connectivity index (χ0) is 23.4.